The summed E-state index contributed by atoms with van der Waals surface area (Å²) in [5.41, 5.74) is 10.3. The zero-order valence-corrected chi connectivity index (χ0v) is 11.3. The lowest BCUT2D eigenvalue weighted by atomic mass is 10.2. The maximum Gasteiger partial charge on any atom is 0.122 e. The third-order valence-corrected chi connectivity index (χ3v) is 3.76. The van der Waals surface area contributed by atoms with Gasteiger partial charge in [-0.1, -0.05) is 0 Å². The van der Waals surface area contributed by atoms with E-state index in [0.717, 1.165) is 23.5 Å². The number of nitrogen functional groups attached to an aromatic ring is 1. The van der Waals surface area contributed by atoms with E-state index in [1.807, 2.05) is 43.7 Å². The van der Waals surface area contributed by atoms with E-state index in [1.54, 1.807) is 11.3 Å². The number of amidine groups is 1. The summed E-state index contributed by atoms with van der Waals surface area (Å²) in [6.45, 7) is 2.87. The monoisotopic (exact) mass is 260 g/mol. The van der Waals surface area contributed by atoms with Gasteiger partial charge in [-0.2, -0.15) is 0 Å². The van der Waals surface area contributed by atoms with Crippen LogP contribution in [-0.4, -0.2) is 17.9 Å². The van der Waals surface area contributed by atoms with Gasteiger partial charge in [0.15, 0.2) is 0 Å². The van der Waals surface area contributed by atoms with Gasteiger partial charge in [0.05, 0.1) is 17.7 Å². The first-order valence-electron chi connectivity index (χ1n) is 5.62. The number of nitrogens with zero attached hydrogens (tertiary/aromatic N) is 2. The van der Waals surface area contributed by atoms with Crippen LogP contribution in [0, 0.1) is 12.3 Å². The highest BCUT2D eigenvalue weighted by molar-refractivity contribution is 7.09. The summed E-state index contributed by atoms with van der Waals surface area (Å²) in [6.07, 6.45) is 0. The maximum atomic E-state index is 7.36. The van der Waals surface area contributed by atoms with Crippen LogP contribution in [0.5, 0.6) is 0 Å². The molecule has 0 amide bonds. The Hall–Kier alpha value is -1.88. The minimum Gasteiger partial charge on any atom is -0.384 e. The molecule has 4 nitrogen and oxygen atoms in total. The molecule has 1 aromatic carbocycles. The molecule has 0 aliphatic rings. The Morgan fingerprint density at radius 3 is 2.56 bits per heavy atom. The standard InChI is InChI=1S/C13H16N4S/c1-9-12(18-8-16-9)7-17(2)11-5-3-10(4-6-11)13(14)15/h3-6,8H,7H2,1-2H3,(H3,14,15). The second-order valence-electron chi connectivity index (χ2n) is 4.18. The van der Waals surface area contributed by atoms with Crippen LogP contribution in [0.4, 0.5) is 5.69 Å². The van der Waals surface area contributed by atoms with Crippen LogP contribution in [-0.2, 0) is 6.54 Å². The van der Waals surface area contributed by atoms with E-state index in [-0.39, 0.29) is 5.84 Å². The Morgan fingerprint density at radius 2 is 2.06 bits per heavy atom. The van der Waals surface area contributed by atoms with E-state index in [2.05, 4.69) is 9.88 Å². The summed E-state index contributed by atoms with van der Waals surface area (Å²) in [5, 5.41) is 7.36. The number of thiazole rings is 1. The van der Waals surface area contributed by atoms with Gasteiger partial charge in [0.1, 0.15) is 5.84 Å². The van der Waals surface area contributed by atoms with Crippen molar-refractivity contribution in [1.82, 2.24) is 4.98 Å². The molecule has 0 saturated heterocycles. The van der Waals surface area contributed by atoms with Crippen molar-refractivity contribution in [3.8, 4) is 0 Å². The van der Waals surface area contributed by atoms with Crippen molar-refractivity contribution in [2.24, 2.45) is 5.73 Å². The Labute approximate surface area is 111 Å². The minimum atomic E-state index is 0.0995. The van der Waals surface area contributed by atoms with Crippen LogP contribution < -0.4 is 10.6 Å². The quantitative estimate of drug-likeness (QED) is 0.655. The van der Waals surface area contributed by atoms with Crippen LogP contribution in [0.15, 0.2) is 29.8 Å². The van der Waals surface area contributed by atoms with Gasteiger partial charge in [0.25, 0.3) is 0 Å². The molecule has 0 aliphatic carbocycles. The van der Waals surface area contributed by atoms with Crippen molar-refractivity contribution >= 4 is 22.9 Å². The van der Waals surface area contributed by atoms with Gasteiger partial charge >= 0.3 is 0 Å². The molecule has 5 heteroatoms. The first-order valence-corrected chi connectivity index (χ1v) is 6.50. The van der Waals surface area contributed by atoms with E-state index in [9.17, 15) is 0 Å². The number of hydrogen-bond acceptors (Lipinski definition) is 4. The highest BCUT2D eigenvalue weighted by Crippen LogP contribution is 2.20. The minimum absolute atomic E-state index is 0.0995. The van der Waals surface area contributed by atoms with Crippen LogP contribution >= 0.6 is 11.3 Å². The highest BCUT2D eigenvalue weighted by Gasteiger charge is 2.07. The summed E-state index contributed by atoms with van der Waals surface area (Å²) in [5.74, 6) is 0.0995. The molecule has 18 heavy (non-hydrogen) atoms. The zero-order valence-electron chi connectivity index (χ0n) is 10.5. The van der Waals surface area contributed by atoms with Gasteiger partial charge in [0.2, 0.25) is 0 Å². The van der Waals surface area contributed by atoms with Gasteiger partial charge in [-0.05, 0) is 31.2 Å². The summed E-state index contributed by atoms with van der Waals surface area (Å²) in [6, 6.07) is 7.70. The van der Waals surface area contributed by atoms with E-state index in [0.29, 0.717) is 0 Å². The molecule has 0 spiro atoms. The Balaban J connectivity index is 2.12. The van der Waals surface area contributed by atoms with E-state index >= 15 is 0 Å². The Morgan fingerprint density at radius 1 is 1.39 bits per heavy atom. The maximum absolute atomic E-state index is 7.36. The first kappa shape index (κ1) is 12.6. The van der Waals surface area contributed by atoms with Gasteiger partial charge < -0.3 is 10.6 Å². The normalized spacial score (nSPS) is 10.3. The number of nitrogens with one attached hydrogen (secondary N) is 1. The number of anilines is 1. The van der Waals surface area contributed by atoms with E-state index in [4.69, 9.17) is 11.1 Å². The van der Waals surface area contributed by atoms with E-state index in [1.165, 1.54) is 4.88 Å². The van der Waals surface area contributed by atoms with Crippen LogP contribution in [0.25, 0.3) is 0 Å². The predicted molar refractivity (Wildman–Crippen MR) is 76.4 cm³/mol. The largest absolute Gasteiger partial charge is 0.384 e. The molecule has 0 bridgehead atoms. The lowest BCUT2D eigenvalue weighted by Gasteiger charge is -2.19. The number of aryl methyl sites for hydroxylation is 1. The molecule has 2 rings (SSSR count). The van der Waals surface area contributed by atoms with Crippen molar-refractivity contribution in [3.63, 3.8) is 0 Å². The zero-order chi connectivity index (χ0) is 13.1. The molecule has 0 fully saturated rings. The molecular weight excluding hydrogens is 244 g/mol. The van der Waals surface area contributed by atoms with Crippen molar-refractivity contribution in [2.45, 2.75) is 13.5 Å². The van der Waals surface area contributed by atoms with Crippen molar-refractivity contribution in [1.29, 1.82) is 5.41 Å². The smallest absolute Gasteiger partial charge is 0.122 e. The molecule has 94 valence electrons. The van der Waals surface area contributed by atoms with Crippen LogP contribution in [0.2, 0.25) is 0 Å². The molecule has 0 saturated carbocycles. The second kappa shape index (κ2) is 5.18. The lowest BCUT2D eigenvalue weighted by Crippen LogP contribution is -2.17. The predicted octanol–water partition coefficient (Wildman–Crippen LogP) is 2.37. The summed E-state index contributed by atoms with van der Waals surface area (Å²) >= 11 is 1.67. The Bertz CT molecular complexity index is 544. The first-order chi connectivity index (χ1) is 8.58. The molecular formula is C13H16N4S. The molecule has 1 aromatic heterocycles. The fourth-order valence-electron chi connectivity index (χ4n) is 1.68. The third kappa shape index (κ3) is 2.68. The van der Waals surface area contributed by atoms with Crippen molar-refractivity contribution in [3.05, 3.63) is 45.9 Å². The van der Waals surface area contributed by atoms with Crippen LogP contribution in [0.1, 0.15) is 16.1 Å². The molecule has 3 N–H and O–H groups in total. The third-order valence-electron chi connectivity index (χ3n) is 2.84. The SMILES string of the molecule is Cc1ncsc1CN(C)c1ccc(C(=N)N)cc1. The van der Waals surface area contributed by atoms with E-state index < -0.39 is 0 Å². The Kier molecular flexibility index (Phi) is 3.62. The fourth-order valence-corrected chi connectivity index (χ4v) is 2.51. The fraction of sp³-hybridized carbons (Fsp3) is 0.231. The average Bonchev–Trinajstić information content (AvgIpc) is 2.75. The number of nitrogens with two attached hydrogens (primary N) is 1. The molecule has 0 radical (unpaired) electrons. The number of benzene rings is 1. The lowest BCUT2D eigenvalue weighted by molar-refractivity contribution is 0.926. The molecule has 0 atom stereocenters. The van der Waals surface area contributed by atoms with Gasteiger partial charge in [0, 0.05) is 23.2 Å². The number of aromatic nitrogens is 1. The van der Waals surface area contributed by atoms with Gasteiger partial charge in [-0.3, -0.25) is 5.41 Å². The van der Waals surface area contributed by atoms with Crippen molar-refractivity contribution < 1.29 is 0 Å². The van der Waals surface area contributed by atoms with Crippen LogP contribution in [0.3, 0.4) is 0 Å². The molecule has 0 aliphatic heterocycles. The topological polar surface area (TPSA) is 66.0 Å². The molecule has 2 aromatic rings. The second-order valence-corrected chi connectivity index (χ2v) is 5.12. The summed E-state index contributed by atoms with van der Waals surface area (Å²) in [4.78, 5) is 7.68. The van der Waals surface area contributed by atoms with Gasteiger partial charge in [-0.15, -0.1) is 11.3 Å². The number of rotatable bonds is 4. The molecule has 0 unspecified atom stereocenters. The van der Waals surface area contributed by atoms with Gasteiger partial charge in [-0.25, -0.2) is 4.98 Å². The highest BCUT2D eigenvalue weighted by atomic mass is 32.1. The summed E-state index contributed by atoms with van der Waals surface area (Å²) in [7, 11) is 2.04. The summed E-state index contributed by atoms with van der Waals surface area (Å²) < 4.78 is 0. The number of hydrogen-bond donors (Lipinski definition) is 2. The van der Waals surface area contributed by atoms with Crippen molar-refractivity contribution in [2.75, 3.05) is 11.9 Å². The molecule has 1 heterocycles. The average molecular weight is 260 g/mol.